The molecule has 1 amide bonds. The van der Waals surface area contributed by atoms with Gasteiger partial charge in [-0.2, -0.15) is 0 Å². The fraction of sp³-hybridized carbons (Fsp3) is 0.360. The lowest BCUT2D eigenvalue weighted by Crippen LogP contribution is -2.35. The first kappa shape index (κ1) is 24.0. The van der Waals surface area contributed by atoms with Gasteiger partial charge in [0.15, 0.2) is 0 Å². The molecular weight excluding hydrogens is 472 g/mol. The number of likely N-dealkylation sites (N-methyl/N-ethyl adjacent to an activating group) is 1. The van der Waals surface area contributed by atoms with Crippen LogP contribution in [0, 0.1) is 5.92 Å². The molecule has 6 nitrogen and oxygen atoms in total. The number of carbonyl (C=O) groups excluding carboxylic acids is 2. The van der Waals surface area contributed by atoms with Crippen molar-refractivity contribution < 1.29 is 19.4 Å². The zero-order chi connectivity index (χ0) is 23.4. The molecule has 1 aliphatic heterocycles. The molecule has 170 valence electrons. The number of aliphatic hydroxyl groups is 1. The number of likely N-dealkylation sites (tertiary alicyclic amines) is 1. The largest absolute Gasteiger partial charge is 0.507 e. The Morgan fingerprint density at radius 1 is 1.09 bits per heavy atom. The van der Waals surface area contributed by atoms with Crippen molar-refractivity contribution in [2.75, 3.05) is 33.8 Å². The number of rotatable bonds is 8. The fourth-order valence-corrected chi connectivity index (χ4v) is 3.80. The van der Waals surface area contributed by atoms with Gasteiger partial charge in [-0.05, 0) is 62.0 Å². The predicted octanol–water partition coefficient (Wildman–Crippen LogP) is 4.47. The highest BCUT2D eigenvalue weighted by atomic mass is 79.9. The lowest BCUT2D eigenvalue weighted by Gasteiger charge is -2.26. The van der Waals surface area contributed by atoms with Gasteiger partial charge in [-0.3, -0.25) is 9.59 Å². The van der Waals surface area contributed by atoms with Crippen molar-refractivity contribution in [3.05, 3.63) is 69.7 Å². The Hall–Kier alpha value is -2.64. The summed E-state index contributed by atoms with van der Waals surface area (Å²) in [5.74, 6) is -0.371. The number of halogens is 1. The molecule has 0 saturated carbocycles. The summed E-state index contributed by atoms with van der Waals surface area (Å²) in [4.78, 5) is 29.4. The van der Waals surface area contributed by atoms with Crippen LogP contribution in [0.1, 0.15) is 31.0 Å². The fourth-order valence-electron chi connectivity index (χ4n) is 3.54. The summed E-state index contributed by atoms with van der Waals surface area (Å²) in [5, 5.41) is 11.1. The summed E-state index contributed by atoms with van der Waals surface area (Å²) in [6.07, 6.45) is 0. The van der Waals surface area contributed by atoms with Crippen LogP contribution in [0.15, 0.2) is 58.6 Å². The molecule has 2 aromatic carbocycles. The summed E-state index contributed by atoms with van der Waals surface area (Å²) in [5.41, 5.74) is 1.34. The Kier molecular flexibility index (Phi) is 7.74. The van der Waals surface area contributed by atoms with Gasteiger partial charge in [-0.15, -0.1) is 0 Å². The molecule has 1 aliphatic rings. The third-order valence-electron chi connectivity index (χ3n) is 5.22. The minimum absolute atomic E-state index is 0.104. The average Bonchev–Trinajstić information content (AvgIpc) is 3.01. The molecule has 1 fully saturated rings. The first-order chi connectivity index (χ1) is 15.2. The Morgan fingerprint density at radius 3 is 2.28 bits per heavy atom. The molecule has 0 spiro atoms. The summed E-state index contributed by atoms with van der Waals surface area (Å²) < 4.78 is 6.59. The van der Waals surface area contributed by atoms with Crippen LogP contribution < -0.4 is 4.74 Å². The Labute approximate surface area is 197 Å². The standard InChI is InChI=1S/C25H29BrN2O4/c1-16(2)15-32-20-11-7-18(8-12-20)23(29)21-22(17-5-9-19(26)10-6-17)28(14-13-27(3)4)25(31)24(21)30/h5-12,16,22,29H,13-15H2,1-4H3/b23-21-. The van der Waals surface area contributed by atoms with Gasteiger partial charge in [0, 0.05) is 23.1 Å². The van der Waals surface area contributed by atoms with Crippen LogP contribution >= 0.6 is 15.9 Å². The van der Waals surface area contributed by atoms with Crippen LogP contribution in [0.2, 0.25) is 0 Å². The number of benzene rings is 2. The summed E-state index contributed by atoms with van der Waals surface area (Å²) in [6.45, 7) is 5.69. The number of ether oxygens (including phenoxy) is 1. The average molecular weight is 501 g/mol. The van der Waals surface area contributed by atoms with Crippen LogP contribution in [0.5, 0.6) is 5.75 Å². The lowest BCUT2D eigenvalue weighted by molar-refractivity contribution is -0.140. The molecule has 0 aromatic heterocycles. The molecule has 3 rings (SSSR count). The molecule has 1 N–H and O–H groups in total. The van der Waals surface area contributed by atoms with Gasteiger partial charge >= 0.3 is 0 Å². The van der Waals surface area contributed by atoms with Crippen molar-refractivity contribution in [2.45, 2.75) is 19.9 Å². The van der Waals surface area contributed by atoms with E-state index in [2.05, 4.69) is 29.8 Å². The monoisotopic (exact) mass is 500 g/mol. The molecule has 32 heavy (non-hydrogen) atoms. The number of ketones is 1. The van der Waals surface area contributed by atoms with Crippen LogP contribution in [0.25, 0.3) is 5.76 Å². The number of hydrogen-bond donors (Lipinski definition) is 1. The predicted molar refractivity (Wildman–Crippen MR) is 128 cm³/mol. The van der Waals surface area contributed by atoms with E-state index in [0.717, 1.165) is 10.0 Å². The molecule has 0 aliphatic carbocycles. The van der Waals surface area contributed by atoms with E-state index in [-0.39, 0.29) is 11.3 Å². The molecule has 1 heterocycles. The van der Waals surface area contributed by atoms with Crippen LogP contribution in [-0.2, 0) is 9.59 Å². The van der Waals surface area contributed by atoms with E-state index in [1.165, 1.54) is 4.90 Å². The molecule has 0 bridgehead atoms. The van der Waals surface area contributed by atoms with Crippen molar-refractivity contribution in [3.63, 3.8) is 0 Å². The smallest absolute Gasteiger partial charge is 0.295 e. The summed E-state index contributed by atoms with van der Waals surface area (Å²) in [6, 6.07) is 13.7. The molecule has 1 unspecified atom stereocenters. The quantitative estimate of drug-likeness (QED) is 0.329. The normalized spacial score (nSPS) is 18.1. The van der Waals surface area contributed by atoms with E-state index < -0.39 is 17.7 Å². The Balaban J connectivity index is 2.02. The SMILES string of the molecule is CC(C)COc1ccc(/C(O)=C2/C(=O)C(=O)N(CCN(C)C)C2c2ccc(Br)cc2)cc1. The second-order valence-corrected chi connectivity index (χ2v) is 9.49. The zero-order valence-corrected chi connectivity index (χ0v) is 20.4. The first-order valence-electron chi connectivity index (χ1n) is 10.6. The lowest BCUT2D eigenvalue weighted by atomic mass is 9.95. The molecule has 0 radical (unpaired) electrons. The van der Waals surface area contributed by atoms with Gasteiger partial charge in [-0.25, -0.2) is 0 Å². The number of carbonyl (C=O) groups is 2. The summed E-state index contributed by atoms with van der Waals surface area (Å²) in [7, 11) is 3.82. The summed E-state index contributed by atoms with van der Waals surface area (Å²) >= 11 is 3.42. The maximum atomic E-state index is 13.0. The maximum Gasteiger partial charge on any atom is 0.295 e. The van der Waals surface area contributed by atoms with Crippen LogP contribution in [-0.4, -0.2) is 60.4 Å². The van der Waals surface area contributed by atoms with Gasteiger partial charge in [0.25, 0.3) is 11.7 Å². The minimum atomic E-state index is -0.672. The van der Waals surface area contributed by atoms with E-state index in [4.69, 9.17) is 4.74 Å². The topological polar surface area (TPSA) is 70.1 Å². The number of nitrogens with zero attached hydrogens (tertiary/aromatic N) is 2. The van der Waals surface area contributed by atoms with Crippen molar-refractivity contribution in [2.24, 2.45) is 5.92 Å². The second-order valence-electron chi connectivity index (χ2n) is 8.58. The van der Waals surface area contributed by atoms with Crippen molar-refractivity contribution >= 4 is 33.4 Å². The van der Waals surface area contributed by atoms with Crippen molar-refractivity contribution in [1.29, 1.82) is 0 Å². The third kappa shape index (κ3) is 5.40. The van der Waals surface area contributed by atoms with Gasteiger partial charge in [0.05, 0.1) is 18.2 Å². The molecule has 2 aromatic rings. The number of hydrogen-bond acceptors (Lipinski definition) is 5. The van der Waals surface area contributed by atoms with E-state index in [0.29, 0.717) is 36.9 Å². The number of Topliss-reactive ketones (excluding diaryl/α,β-unsaturated/α-hetero) is 1. The number of aliphatic hydroxyl groups excluding tert-OH is 1. The zero-order valence-electron chi connectivity index (χ0n) is 18.8. The molecule has 1 atom stereocenters. The third-order valence-corrected chi connectivity index (χ3v) is 5.75. The van der Waals surface area contributed by atoms with Crippen molar-refractivity contribution in [3.8, 4) is 5.75 Å². The van der Waals surface area contributed by atoms with Gasteiger partial charge in [0.2, 0.25) is 0 Å². The molecular formula is C25H29BrN2O4. The maximum absolute atomic E-state index is 13.0. The molecule has 7 heteroatoms. The van der Waals surface area contributed by atoms with Gasteiger partial charge in [-0.1, -0.05) is 41.9 Å². The minimum Gasteiger partial charge on any atom is -0.507 e. The Bertz CT molecular complexity index is 998. The van der Waals surface area contributed by atoms with E-state index in [1.54, 1.807) is 24.3 Å². The number of amides is 1. The van der Waals surface area contributed by atoms with Crippen LogP contribution in [0.3, 0.4) is 0 Å². The highest BCUT2D eigenvalue weighted by Gasteiger charge is 2.45. The van der Waals surface area contributed by atoms with Crippen LogP contribution in [0.4, 0.5) is 0 Å². The Morgan fingerprint density at radius 2 is 1.72 bits per heavy atom. The highest BCUT2D eigenvalue weighted by molar-refractivity contribution is 9.10. The second kappa shape index (κ2) is 10.3. The highest BCUT2D eigenvalue weighted by Crippen LogP contribution is 2.39. The molecule has 1 saturated heterocycles. The van der Waals surface area contributed by atoms with Gasteiger partial charge < -0.3 is 19.6 Å². The van der Waals surface area contributed by atoms with E-state index >= 15 is 0 Å². The van der Waals surface area contributed by atoms with Gasteiger partial charge in [0.1, 0.15) is 11.5 Å². The first-order valence-corrected chi connectivity index (χ1v) is 11.4. The van der Waals surface area contributed by atoms with E-state index in [1.807, 2.05) is 43.3 Å². The van der Waals surface area contributed by atoms with E-state index in [9.17, 15) is 14.7 Å². The van der Waals surface area contributed by atoms with Crippen molar-refractivity contribution in [1.82, 2.24) is 9.80 Å².